The molecule has 2 heterocycles. The second-order valence-electron chi connectivity index (χ2n) is 3.73. The fourth-order valence-electron chi connectivity index (χ4n) is 1.75. The molecule has 7 nitrogen and oxygen atoms in total. The van der Waals surface area contributed by atoms with E-state index in [0.29, 0.717) is 0 Å². The van der Waals surface area contributed by atoms with Crippen LogP contribution >= 0.6 is 0 Å². The van der Waals surface area contributed by atoms with Crippen molar-refractivity contribution in [1.82, 2.24) is 25.5 Å². The van der Waals surface area contributed by atoms with Gasteiger partial charge in [0.15, 0.2) is 0 Å². The van der Waals surface area contributed by atoms with Crippen LogP contribution in [0.15, 0.2) is 0 Å². The number of aryl methyl sites for hydroxylation is 1. The predicted octanol–water partition coefficient (Wildman–Crippen LogP) is -0.853. The first-order valence-electron chi connectivity index (χ1n) is 4.95. The number of amides is 1. The Morgan fingerprint density at radius 1 is 1.67 bits per heavy atom. The highest BCUT2D eigenvalue weighted by Crippen LogP contribution is 2.16. The molecule has 2 N–H and O–H groups in total. The topological polar surface area (TPSA) is 84.7 Å². The Labute approximate surface area is 87.2 Å². The van der Waals surface area contributed by atoms with E-state index in [1.165, 1.54) is 4.80 Å². The van der Waals surface area contributed by atoms with Crippen LogP contribution in [0.4, 0.5) is 5.95 Å². The molecule has 0 spiro atoms. The lowest BCUT2D eigenvalue weighted by molar-refractivity contribution is -0.120. The van der Waals surface area contributed by atoms with Crippen LogP contribution in [-0.4, -0.2) is 38.7 Å². The summed E-state index contributed by atoms with van der Waals surface area (Å²) in [5.74, 6) is 0.218. The maximum atomic E-state index is 11.8. The molecule has 1 aromatic heterocycles. The van der Waals surface area contributed by atoms with Gasteiger partial charge in [0.05, 0.1) is 13.0 Å². The first kappa shape index (κ1) is 10.0. The summed E-state index contributed by atoms with van der Waals surface area (Å²) < 4.78 is 0. The van der Waals surface area contributed by atoms with Gasteiger partial charge in [-0.2, -0.15) is 4.80 Å². The highest BCUT2D eigenvalue weighted by molar-refractivity contribution is 5.91. The molecule has 0 bridgehead atoms. The van der Waals surface area contributed by atoms with Crippen molar-refractivity contribution >= 4 is 11.9 Å². The van der Waals surface area contributed by atoms with Gasteiger partial charge in [-0.05, 0) is 25.1 Å². The van der Waals surface area contributed by atoms with E-state index in [-0.39, 0.29) is 23.8 Å². The van der Waals surface area contributed by atoms with Crippen molar-refractivity contribution in [3.8, 4) is 0 Å². The molecule has 2 atom stereocenters. The lowest BCUT2D eigenvalue weighted by Crippen LogP contribution is -2.32. The highest BCUT2D eigenvalue weighted by Gasteiger charge is 2.29. The smallest absolute Gasteiger partial charge is 0.270 e. The third-order valence-corrected chi connectivity index (χ3v) is 2.61. The van der Waals surface area contributed by atoms with Crippen LogP contribution in [0.25, 0.3) is 0 Å². The fraction of sp³-hybridized carbons (Fsp3) is 0.750. The first-order chi connectivity index (χ1) is 7.16. The summed E-state index contributed by atoms with van der Waals surface area (Å²) in [5.41, 5.74) is 0. The van der Waals surface area contributed by atoms with E-state index in [1.807, 2.05) is 6.92 Å². The Morgan fingerprint density at radius 2 is 2.47 bits per heavy atom. The summed E-state index contributed by atoms with van der Waals surface area (Å²) in [6, 6.07) is 0.210. The molecule has 2 unspecified atom stereocenters. The standard InChI is InChI=1S/C8H14N6O/c1-5-6(3-4-9-5)7(15)10-8-11-13-14(2)12-8/h5-6,9H,3-4H2,1-2H3,(H,10,12,15). The van der Waals surface area contributed by atoms with Crippen molar-refractivity contribution in [3.05, 3.63) is 0 Å². The molecule has 1 aliphatic heterocycles. The van der Waals surface area contributed by atoms with E-state index < -0.39 is 0 Å². The number of tetrazole rings is 1. The SMILES string of the molecule is CC1NCCC1C(=O)Nc1nnn(C)n1. The zero-order chi connectivity index (χ0) is 10.8. The molecule has 1 fully saturated rings. The van der Waals surface area contributed by atoms with Crippen LogP contribution in [0.5, 0.6) is 0 Å². The third kappa shape index (κ3) is 2.12. The zero-order valence-corrected chi connectivity index (χ0v) is 8.77. The predicted molar refractivity (Wildman–Crippen MR) is 53.0 cm³/mol. The summed E-state index contributed by atoms with van der Waals surface area (Å²) in [6.07, 6.45) is 0.854. The minimum atomic E-state index is -0.0412. The fourth-order valence-corrected chi connectivity index (χ4v) is 1.75. The number of carbonyl (C=O) groups is 1. The number of aromatic nitrogens is 4. The number of carbonyl (C=O) groups excluding carboxylic acids is 1. The first-order valence-corrected chi connectivity index (χ1v) is 4.95. The average Bonchev–Trinajstić information content (AvgIpc) is 2.75. The lowest BCUT2D eigenvalue weighted by atomic mass is 10.0. The van der Waals surface area contributed by atoms with E-state index in [1.54, 1.807) is 7.05 Å². The number of nitrogens with one attached hydrogen (secondary N) is 2. The van der Waals surface area contributed by atoms with E-state index in [4.69, 9.17) is 0 Å². The number of rotatable bonds is 2. The minimum Gasteiger partial charge on any atom is -0.313 e. The zero-order valence-electron chi connectivity index (χ0n) is 8.77. The van der Waals surface area contributed by atoms with Crippen molar-refractivity contribution in [2.24, 2.45) is 13.0 Å². The largest absolute Gasteiger partial charge is 0.313 e. The van der Waals surface area contributed by atoms with E-state index >= 15 is 0 Å². The number of hydrogen-bond acceptors (Lipinski definition) is 5. The Morgan fingerprint density at radius 3 is 3.00 bits per heavy atom. The average molecular weight is 210 g/mol. The van der Waals surface area contributed by atoms with Gasteiger partial charge in [0.1, 0.15) is 0 Å². The molecule has 2 rings (SSSR count). The van der Waals surface area contributed by atoms with Gasteiger partial charge in [0.2, 0.25) is 5.91 Å². The van der Waals surface area contributed by atoms with Crippen LogP contribution in [0.3, 0.4) is 0 Å². The maximum Gasteiger partial charge on any atom is 0.270 e. The summed E-state index contributed by atoms with van der Waals surface area (Å²) >= 11 is 0. The van der Waals surface area contributed by atoms with E-state index in [9.17, 15) is 4.79 Å². The Hall–Kier alpha value is -1.50. The molecule has 15 heavy (non-hydrogen) atoms. The molecule has 0 saturated carbocycles. The monoisotopic (exact) mass is 210 g/mol. The number of nitrogens with zero attached hydrogens (tertiary/aromatic N) is 4. The van der Waals surface area contributed by atoms with Crippen LogP contribution in [0.1, 0.15) is 13.3 Å². The van der Waals surface area contributed by atoms with E-state index in [0.717, 1.165) is 13.0 Å². The van der Waals surface area contributed by atoms with Gasteiger partial charge in [-0.3, -0.25) is 10.1 Å². The van der Waals surface area contributed by atoms with Crippen molar-refractivity contribution in [2.45, 2.75) is 19.4 Å². The maximum absolute atomic E-state index is 11.8. The van der Waals surface area contributed by atoms with Crippen molar-refractivity contribution < 1.29 is 4.79 Å². The van der Waals surface area contributed by atoms with Gasteiger partial charge >= 0.3 is 0 Å². The van der Waals surface area contributed by atoms with Gasteiger partial charge in [-0.25, -0.2) is 0 Å². The summed E-state index contributed by atoms with van der Waals surface area (Å²) in [6.45, 7) is 2.88. The second kappa shape index (κ2) is 3.93. The van der Waals surface area contributed by atoms with Gasteiger partial charge in [-0.15, -0.1) is 5.10 Å². The molecule has 0 aromatic carbocycles. The van der Waals surface area contributed by atoms with Gasteiger partial charge in [-0.1, -0.05) is 5.10 Å². The Bertz CT molecular complexity index is 362. The van der Waals surface area contributed by atoms with Gasteiger partial charge in [0, 0.05) is 6.04 Å². The lowest BCUT2D eigenvalue weighted by Gasteiger charge is -2.12. The van der Waals surface area contributed by atoms with E-state index in [2.05, 4.69) is 26.0 Å². The van der Waals surface area contributed by atoms with Crippen LogP contribution < -0.4 is 10.6 Å². The van der Waals surface area contributed by atoms with Crippen molar-refractivity contribution in [2.75, 3.05) is 11.9 Å². The summed E-state index contributed by atoms with van der Waals surface area (Å²) in [7, 11) is 1.66. The molecular weight excluding hydrogens is 196 g/mol. The number of hydrogen-bond donors (Lipinski definition) is 2. The van der Waals surface area contributed by atoms with Gasteiger partial charge in [0.25, 0.3) is 5.95 Å². The molecule has 1 saturated heterocycles. The molecule has 82 valence electrons. The molecule has 1 amide bonds. The molecule has 1 aliphatic rings. The molecular formula is C8H14N6O. The van der Waals surface area contributed by atoms with Crippen molar-refractivity contribution in [1.29, 1.82) is 0 Å². The van der Waals surface area contributed by atoms with Crippen molar-refractivity contribution in [3.63, 3.8) is 0 Å². The summed E-state index contributed by atoms with van der Waals surface area (Å²) in [4.78, 5) is 13.1. The number of anilines is 1. The minimum absolute atomic E-state index is 0.00574. The van der Waals surface area contributed by atoms with Crippen LogP contribution in [0, 0.1) is 5.92 Å². The normalized spacial score (nSPS) is 25.5. The van der Waals surface area contributed by atoms with Crippen LogP contribution in [0.2, 0.25) is 0 Å². The molecule has 1 aromatic rings. The van der Waals surface area contributed by atoms with Gasteiger partial charge < -0.3 is 5.32 Å². The highest BCUT2D eigenvalue weighted by atomic mass is 16.2. The molecule has 0 radical (unpaired) electrons. The quantitative estimate of drug-likeness (QED) is 0.664. The molecule has 7 heteroatoms. The third-order valence-electron chi connectivity index (χ3n) is 2.61. The second-order valence-corrected chi connectivity index (χ2v) is 3.73. The van der Waals surface area contributed by atoms with Crippen LogP contribution in [-0.2, 0) is 11.8 Å². The Kier molecular flexibility index (Phi) is 2.63. The Balaban J connectivity index is 1.97. The summed E-state index contributed by atoms with van der Waals surface area (Å²) in [5, 5.41) is 17.1. The molecule has 0 aliphatic carbocycles.